The summed E-state index contributed by atoms with van der Waals surface area (Å²) in [4.78, 5) is 68.0. The van der Waals surface area contributed by atoms with Crippen LogP contribution in [0.5, 0.6) is 0 Å². The summed E-state index contributed by atoms with van der Waals surface area (Å²) in [6.07, 6.45) is -41.7. The number of carboxylic acid groups (broad SMARTS) is 1. The summed E-state index contributed by atoms with van der Waals surface area (Å²) in [7, 11) is 0. The van der Waals surface area contributed by atoms with Crippen LogP contribution in [0.2, 0.25) is 0 Å². The van der Waals surface area contributed by atoms with Crippen LogP contribution in [0.25, 0.3) is 0 Å². The molecule has 28 N–H and O–H groups in total. The molecule has 8 fully saturated rings. The lowest BCUT2D eigenvalue weighted by atomic mass is 9.88. The Labute approximate surface area is 864 Å². The zero-order valence-corrected chi connectivity index (χ0v) is 86.1. The van der Waals surface area contributed by atoms with Crippen molar-refractivity contribution in [3.63, 3.8) is 0 Å². The highest BCUT2D eigenvalue weighted by Crippen LogP contribution is 2.44. The van der Waals surface area contributed by atoms with Crippen LogP contribution in [0.4, 0.5) is 0 Å². The number of hydrogen-bond acceptors (Lipinski definition) is 44. The number of rotatable bonds is 67. The fourth-order valence-corrected chi connectivity index (χ4v) is 20.2. The Bertz CT molecular complexity index is 3740. The molecule has 16 unspecified atom stereocenters. The van der Waals surface area contributed by atoms with Gasteiger partial charge >= 0.3 is 5.97 Å². The summed E-state index contributed by atoms with van der Waals surface area (Å²) >= 11 is 0. The molecule has 0 saturated carbocycles. The molecule has 8 rings (SSSR count). The second-order valence-corrected chi connectivity index (χ2v) is 40.5. The first-order valence-electron chi connectivity index (χ1n) is 53.5. The number of nitrogens with one attached hydrogen (secondary N) is 4. The minimum absolute atomic E-state index is 0.0864. The minimum atomic E-state index is -3.52. The van der Waals surface area contributed by atoms with E-state index in [9.17, 15) is 147 Å². The molecule has 0 bridgehead atoms. The van der Waals surface area contributed by atoms with Gasteiger partial charge in [0.25, 0.3) is 5.79 Å². The monoisotopic (exact) mass is 2140 g/mol. The molecule has 8 aliphatic rings. The van der Waals surface area contributed by atoms with Crippen molar-refractivity contribution in [1.82, 2.24) is 21.3 Å². The third kappa shape index (κ3) is 37.4. The maximum absolute atomic E-state index is 14.2. The molecule has 862 valence electrons. The fourth-order valence-electron chi connectivity index (χ4n) is 20.2. The highest BCUT2D eigenvalue weighted by Gasteiger charge is 2.64. The molecule has 0 radical (unpaired) electrons. The van der Waals surface area contributed by atoms with Crippen molar-refractivity contribution >= 4 is 29.6 Å². The van der Waals surface area contributed by atoms with Crippen molar-refractivity contribution in [2.24, 2.45) is 0 Å². The molecule has 49 heteroatoms. The second kappa shape index (κ2) is 66.3. The number of aliphatic hydroxyl groups is 23. The Hall–Kier alpha value is -4.47. The van der Waals surface area contributed by atoms with Crippen LogP contribution in [0, 0.1) is 0 Å². The first-order valence-corrected chi connectivity index (χ1v) is 53.5. The topological polar surface area (TPSA) is 767 Å². The van der Waals surface area contributed by atoms with Crippen LogP contribution in [0.15, 0.2) is 12.2 Å². The van der Waals surface area contributed by atoms with Gasteiger partial charge in [0.1, 0.15) is 183 Å². The third-order valence-corrected chi connectivity index (χ3v) is 28.8. The number of carboxylic acids is 1. The average molecular weight is 2140 g/mol. The maximum Gasteiger partial charge on any atom is 0.364 e. The Balaban J connectivity index is 1.04. The Morgan fingerprint density at radius 2 is 0.716 bits per heavy atom. The highest BCUT2D eigenvalue weighted by atomic mass is 16.8. The molecule has 8 saturated heterocycles. The quantitative estimate of drug-likeness (QED) is 0.0203. The van der Waals surface area contributed by atoms with Gasteiger partial charge in [0, 0.05) is 33.6 Å². The number of aliphatic hydroxyl groups excluding tert-OH is 23. The molecule has 8 aliphatic heterocycles. The van der Waals surface area contributed by atoms with Crippen molar-refractivity contribution in [1.29, 1.82) is 0 Å². The predicted molar refractivity (Wildman–Crippen MR) is 514 cm³/mol. The SMILES string of the molecule is CCCCCCCCCCCCC/C=C/[C@@H](O)[C@H](CO[C@@H]1OC(CO)[C@@H](O[C@@H]2OC(CO)[C@H](O[C@@H]3OC(CO)[C@H](O)[C@H](O[C@@H]4OC(CO)[C@H](O)[C@H](O[C@@H]5OC(CO)[C@@H](O[C@@H]6OC(CO)[C@H](O)[C@H](O)C6O)[C@H](O[C@H]6OC(C)[C@@H](O)C(O)[C@@H]6O)C5NC(C)=O)C4O)C3NC(C)=O)[C@H](O[C@]3(C(=O)O)CC(O)[C@@H](NC(C)=O)C([C@H](O)[C@H](O)CO)O3)C2O)[C@H](O)C1O)NC(=O)CCCCCCCCCCCCCCCCCCCCCCC. The Morgan fingerprint density at radius 3 is 1.19 bits per heavy atom. The summed E-state index contributed by atoms with van der Waals surface area (Å²) < 4.78 is 98.0. The fraction of sp³-hybridized carbons (Fsp3) is 0.929. The van der Waals surface area contributed by atoms with Crippen LogP contribution in [0.1, 0.15) is 266 Å². The van der Waals surface area contributed by atoms with E-state index in [1.54, 1.807) is 6.08 Å². The normalized spacial score (nSPS) is 37.7. The number of hydrogen-bond donors (Lipinski definition) is 28. The third-order valence-electron chi connectivity index (χ3n) is 28.8. The van der Waals surface area contributed by atoms with Crippen molar-refractivity contribution < 1.29 is 222 Å². The molecular formula is C99H176N4O45. The van der Waals surface area contributed by atoms with Gasteiger partial charge < -0.3 is 220 Å². The van der Waals surface area contributed by atoms with Gasteiger partial charge in [-0.3, -0.25) is 19.2 Å². The first kappa shape index (κ1) is 129. The van der Waals surface area contributed by atoms with E-state index in [0.717, 1.165) is 85.0 Å². The number of aliphatic carboxylic acids is 1. The van der Waals surface area contributed by atoms with Crippen LogP contribution in [-0.4, -0.2) is 468 Å². The lowest BCUT2D eigenvalue weighted by Gasteiger charge is -2.53. The van der Waals surface area contributed by atoms with Crippen LogP contribution >= 0.6 is 0 Å². The molecule has 0 aromatic carbocycles. The van der Waals surface area contributed by atoms with Crippen molar-refractivity contribution in [2.75, 3.05) is 52.9 Å². The Kier molecular flexibility index (Phi) is 57.6. The van der Waals surface area contributed by atoms with Gasteiger partial charge in [-0.1, -0.05) is 219 Å². The van der Waals surface area contributed by atoms with E-state index < -0.39 is 352 Å². The van der Waals surface area contributed by atoms with E-state index in [1.165, 1.54) is 148 Å². The van der Waals surface area contributed by atoms with Crippen molar-refractivity contribution in [3.8, 4) is 0 Å². The lowest BCUT2D eigenvalue weighted by molar-refractivity contribution is -0.405. The van der Waals surface area contributed by atoms with Gasteiger partial charge in [-0.25, -0.2) is 4.79 Å². The summed E-state index contributed by atoms with van der Waals surface area (Å²) in [6.45, 7) is -0.586. The zero-order valence-electron chi connectivity index (χ0n) is 86.1. The molecular weight excluding hydrogens is 1970 g/mol. The van der Waals surface area contributed by atoms with E-state index in [2.05, 4.69) is 35.1 Å². The standard InChI is InChI=1S/C99H176N4O45/c1-7-9-11-13-15-17-19-21-22-23-24-25-26-27-28-30-32-34-36-38-40-42-66(117)103-56(57(114)41-39-37-35-33-31-29-20-18-16-14-12-10-8-2)51-133-93-80(128)77(125)83(63(48-108)139-93)141-97-82(130)90(148-99(98(131)132)43-58(115)67(100-53(4)111)87(147-99)71(119)59(116)44-104)85(65(50-110)140-97)142-91-68(101-54(5)112)86(73(121)61(46-106)135-91)144-96-81(129)89(74(122)62(47-107)137-96)146-92-69(102-55(6)113)88(145-94-78(126)75(123)70(118)52(3)134-94)84(64(49-109)138-92)143-95-79(127)76(124)72(120)60(45-105)136-95/h39,41,52,56-65,67-97,104-110,114-116,118-130H,7-38,40,42-51H2,1-6H3,(H,100,111)(H,101,112)(H,102,113)(H,103,117)(H,131,132)/b41-39+/t52?,56-,57+,58?,59+,60?,61?,62?,63?,64?,65?,67+,68?,69?,70+,71+,72-,73-,74-,75?,76-,77+,78-,79?,80?,81?,82?,83+,84+,85-,86+,87?,88+,89-,90+,91-,92-,93+,94+,95-,96-,97-,99-/m0/s1. The number of ether oxygens (including phenoxy) is 16. The highest BCUT2D eigenvalue weighted by molar-refractivity contribution is 5.77. The van der Waals surface area contributed by atoms with Gasteiger partial charge in [-0.2, -0.15) is 0 Å². The number of carbonyl (C=O) groups is 5. The lowest BCUT2D eigenvalue weighted by Crippen LogP contribution is -2.72. The van der Waals surface area contributed by atoms with Crippen LogP contribution in [0.3, 0.4) is 0 Å². The van der Waals surface area contributed by atoms with Crippen LogP contribution in [-0.2, 0) is 99.8 Å². The molecule has 43 atom stereocenters. The molecule has 4 amide bonds. The maximum atomic E-state index is 14.2. The molecule has 8 heterocycles. The smallest absolute Gasteiger partial charge is 0.364 e. The van der Waals surface area contributed by atoms with Crippen molar-refractivity contribution in [2.45, 2.75) is 529 Å². The summed E-state index contributed by atoms with van der Waals surface area (Å²) in [6, 6.07) is -7.23. The van der Waals surface area contributed by atoms with Crippen LogP contribution < -0.4 is 21.3 Å². The first-order chi connectivity index (χ1) is 70.8. The molecule has 0 aliphatic carbocycles. The average Bonchev–Trinajstić information content (AvgIpc) is 0.745. The number of amides is 4. The molecule has 148 heavy (non-hydrogen) atoms. The van der Waals surface area contributed by atoms with Gasteiger partial charge in [0.2, 0.25) is 23.6 Å². The van der Waals surface area contributed by atoms with Crippen molar-refractivity contribution in [3.05, 3.63) is 12.2 Å². The summed E-state index contributed by atoms with van der Waals surface area (Å²) in [5.41, 5.74) is 0. The predicted octanol–water partition coefficient (Wildman–Crippen LogP) is -4.06. The zero-order chi connectivity index (χ0) is 109. The van der Waals surface area contributed by atoms with Gasteiger partial charge in [-0.05, 0) is 26.2 Å². The van der Waals surface area contributed by atoms with Gasteiger partial charge in [0.05, 0.1) is 83.3 Å². The van der Waals surface area contributed by atoms with E-state index in [1.807, 2.05) is 0 Å². The van der Waals surface area contributed by atoms with E-state index in [4.69, 9.17) is 75.8 Å². The molecule has 0 aromatic rings. The Morgan fingerprint density at radius 1 is 0.365 bits per heavy atom. The number of allylic oxidation sites excluding steroid dienone is 1. The number of carbonyl (C=O) groups excluding carboxylic acids is 4. The molecule has 0 aromatic heterocycles. The van der Waals surface area contributed by atoms with Gasteiger partial charge in [-0.15, -0.1) is 0 Å². The summed E-state index contributed by atoms with van der Waals surface area (Å²) in [5, 5.41) is 284. The summed E-state index contributed by atoms with van der Waals surface area (Å²) in [5.74, 6) is -9.17. The van der Waals surface area contributed by atoms with E-state index in [0.29, 0.717) is 12.8 Å². The second-order valence-electron chi connectivity index (χ2n) is 40.5. The van der Waals surface area contributed by atoms with E-state index in [-0.39, 0.29) is 6.42 Å². The molecule has 49 nitrogen and oxygen atoms in total. The van der Waals surface area contributed by atoms with E-state index >= 15 is 0 Å². The largest absolute Gasteiger partial charge is 0.477 e. The molecule has 0 spiro atoms. The number of unbranched alkanes of at least 4 members (excludes halogenated alkanes) is 31. The van der Waals surface area contributed by atoms with Gasteiger partial charge in [0.15, 0.2) is 44.0 Å². The minimum Gasteiger partial charge on any atom is -0.477 e.